The van der Waals surface area contributed by atoms with Crippen LogP contribution in [0.3, 0.4) is 0 Å². The SMILES string of the molecule is COCCOc1cc2nc(Nc3c[nH]c4ccc(Cl)nc34)[nH]c2cc1OCCOC. The number of benzene rings is 1. The molecule has 4 aromatic rings. The molecule has 4 rings (SSSR count). The van der Waals surface area contributed by atoms with Crippen molar-refractivity contribution < 1.29 is 18.9 Å². The molecular formula is C20H22ClN5O4. The van der Waals surface area contributed by atoms with Crippen LogP contribution in [0.15, 0.2) is 30.5 Å². The third-order valence-corrected chi connectivity index (χ3v) is 4.59. The normalized spacial score (nSPS) is 11.3. The second kappa shape index (κ2) is 9.21. The number of imidazole rings is 1. The molecule has 0 aliphatic heterocycles. The van der Waals surface area contributed by atoms with Crippen LogP contribution in [-0.4, -0.2) is 60.6 Å². The summed E-state index contributed by atoms with van der Waals surface area (Å²) < 4.78 is 21.7. The molecule has 0 fully saturated rings. The zero-order valence-electron chi connectivity index (χ0n) is 16.6. The average molecular weight is 432 g/mol. The minimum Gasteiger partial charge on any atom is -0.487 e. The van der Waals surface area contributed by atoms with E-state index in [1.165, 1.54) is 0 Å². The van der Waals surface area contributed by atoms with Crippen LogP contribution in [0.25, 0.3) is 22.1 Å². The number of nitrogens with one attached hydrogen (secondary N) is 3. The first-order valence-corrected chi connectivity index (χ1v) is 9.73. The molecule has 0 unspecified atom stereocenters. The number of halogens is 1. The summed E-state index contributed by atoms with van der Waals surface area (Å²) in [5, 5.41) is 3.67. The summed E-state index contributed by atoms with van der Waals surface area (Å²) in [6.07, 6.45) is 1.82. The van der Waals surface area contributed by atoms with Gasteiger partial charge in [-0.3, -0.25) is 0 Å². The molecule has 30 heavy (non-hydrogen) atoms. The minimum absolute atomic E-state index is 0.403. The van der Waals surface area contributed by atoms with Crippen LogP contribution in [0, 0.1) is 0 Å². The van der Waals surface area contributed by atoms with E-state index in [0.29, 0.717) is 49.0 Å². The summed E-state index contributed by atoms with van der Waals surface area (Å²) in [6, 6.07) is 7.30. The van der Waals surface area contributed by atoms with Crippen LogP contribution in [0.4, 0.5) is 11.6 Å². The minimum atomic E-state index is 0.403. The number of aromatic amines is 2. The van der Waals surface area contributed by atoms with Crippen molar-refractivity contribution in [1.29, 1.82) is 0 Å². The van der Waals surface area contributed by atoms with Crippen molar-refractivity contribution in [2.75, 3.05) is 46.0 Å². The Kier molecular flexibility index (Phi) is 6.22. The van der Waals surface area contributed by atoms with Crippen molar-refractivity contribution in [3.8, 4) is 11.5 Å². The van der Waals surface area contributed by atoms with Gasteiger partial charge in [-0.25, -0.2) is 9.97 Å². The summed E-state index contributed by atoms with van der Waals surface area (Å²) in [5.74, 6) is 1.75. The number of hydrogen-bond donors (Lipinski definition) is 3. The molecule has 0 saturated heterocycles. The maximum absolute atomic E-state index is 6.03. The number of rotatable bonds is 10. The number of nitrogens with zero attached hydrogens (tertiary/aromatic N) is 2. The monoisotopic (exact) mass is 431 g/mol. The van der Waals surface area contributed by atoms with Gasteiger partial charge in [0.25, 0.3) is 0 Å². The topological polar surface area (TPSA) is 106 Å². The summed E-state index contributed by atoms with van der Waals surface area (Å²) in [5.41, 5.74) is 3.90. The number of methoxy groups -OCH3 is 2. The fourth-order valence-corrected chi connectivity index (χ4v) is 3.12. The summed E-state index contributed by atoms with van der Waals surface area (Å²) in [4.78, 5) is 15.4. The smallest absolute Gasteiger partial charge is 0.205 e. The molecule has 0 bridgehead atoms. The van der Waals surface area contributed by atoms with Gasteiger partial charge in [0.2, 0.25) is 5.95 Å². The predicted octanol–water partition coefficient (Wildman–Crippen LogP) is 3.89. The second-order valence-electron chi connectivity index (χ2n) is 6.44. The molecule has 9 nitrogen and oxygen atoms in total. The Hall–Kier alpha value is -3.01. The van der Waals surface area contributed by atoms with E-state index in [1.807, 2.05) is 24.4 Å². The molecule has 3 N–H and O–H groups in total. The molecule has 3 heterocycles. The zero-order valence-corrected chi connectivity index (χ0v) is 17.4. The lowest BCUT2D eigenvalue weighted by atomic mass is 10.2. The second-order valence-corrected chi connectivity index (χ2v) is 6.83. The fraction of sp³-hybridized carbons (Fsp3) is 0.300. The number of aromatic nitrogens is 4. The molecule has 3 aromatic heterocycles. The van der Waals surface area contributed by atoms with Gasteiger partial charge < -0.3 is 34.2 Å². The van der Waals surface area contributed by atoms with Crippen molar-refractivity contribution >= 4 is 45.3 Å². The van der Waals surface area contributed by atoms with E-state index in [1.54, 1.807) is 20.3 Å². The van der Waals surface area contributed by atoms with Crippen molar-refractivity contribution in [1.82, 2.24) is 19.9 Å². The lowest BCUT2D eigenvalue weighted by Gasteiger charge is -2.12. The van der Waals surface area contributed by atoms with E-state index in [2.05, 4.69) is 25.3 Å². The van der Waals surface area contributed by atoms with E-state index >= 15 is 0 Å². The summed E-state index contributed by atoms with van der Waals surface area (Å²) >= 11 is 6.03. The summed E-state index contributed by atoms with van der Waals surface area (Å²) in [7, 11) is 3.25. The number of ether oxygens (including phenoxy) is 4. The van der Waals surface area contributed by atoms with Crippen LogP contribution < -0.4 is 14.8 Å². The van der Waals surface area contributed by atoms with Crippen LogP contribution >= 0.6 is 11.6 Å². The van der Waals surface area contributed by atoms with Crippen LogP contribution in [0.1, 0.15) is 0 Å². The molecule has 0 spiro atoms. The van der Waals surface area contributed by atoms with Crippen LogP contribution in [0.5, 0.6) is 11.5 Å². The van der Waals surface area contributed by atoms with Crippen molar-refractivity contribution in [3.63, 3.8) is 0 Å². The molecule has 0 radical (unpaired) electrons. The van der Waals surface area contributed by atoms with E-state index in [-0.39, 0.29) is 0 Å². The Morgan fingerprint density at radius 2 is 1.67 bits per heavy atom. The first kappa shape index (κ1) is 20.3. The van der Waals surface area contributed by atoms with Gasteiger partial charge in [-0.05, 0) is 12.1 Å². The molecule has 10 heteroatoms. The van der Waals surface area contributed by atoms with Gasteiger partial charge in [-0.2, -0.15) is 0 Å². The van der Waals surface area contributed by atoms with Crippen molar-refractivity contribution in [2.45, 2.75) is 0 Å². The van der Waals surface area contributed by atoms with Crippen LogP contribution in [0.2, 0.25) is 5.15 Å². The maximum atomic E-state index is 6.03. The van der Waals surface area contributed by atoms with Gasteiger partial charge in [-0.15, -0.1) is 0 Å². The van der Waals surface area contributed by atoms with Crippen molar-refractivity contribution in [3.05, 3.63) is 35.6 Å². The van der Waals surface area contributed by atoms with Crippen LogP contribution in [-0.2, 0) is 9.47 Å². The van der Waals surface area contributed by atoms with Gasteiger partial charge in [0.05, 0.1) is 35.5 Å². The third kappa shape index (κ3) is 4.43. The third-order valence-electron chi connectivity index (χ3n) is 4.38. The number of pyridine rings is 1. The van der Waals surface area contributed by atoms with Crippen molar-refractivity contribution in [2.24, 2.45) is 0 Å². The van der Waals surface area contributed by atoms with Gasteiger partial charge in [0, 0.05) is 32.5 Å². The van der Waals surface area contributed by atoms with E-state index in [4.69, 9.17) is 30.5 Å². The van der Waals surface area contributed by atoms with Gasteiger partial charge in [0.1, 0.15) is 23.9 Å². The molecule has 0 aliphatic rings. The Morgan fingerprint density at radius 1 is 0.933 bits per heavy atom. The molecular weight excluding hydrogens is 410 g/mol. The number of hydrogen-bond acceptors (Lipinski definition) is 7. The highest BCUT2D eigenvalue weighted by Crippen LogP contribution is 2.33. The molecule has 1 aromatic carbocycles. The Labute approximate surface area is 177 Å². The van der Waals surface area contributed by atoms with Gasteiger partial charge in [-0.1, -0.05) is 11.6 Å². The first-order chi connectivity index (χ1) is 14.7. The highest BCUT2D eigenvalue weighted by molar-refractivity contribution is 6.29. The average Bonchev–Trinajstić information content (AvgIpc) is 3.31. The Bertz CT molecular complexity index is 1100. The highest BCUT2D eigenvalue weighted by atomic mass is 35.5. The number of anilines is 2. The lowest BCUT2D eigenvalue weighted by Crippen LogP contribution is -2.08. The summed E-state index contributed by atoms with van der Waals surface area (Å²) in [6.45, 7) is 1.75. The van der Waals surface area contributed by atoms with E-state index in [0.717, 1.165) is 27.8 Å². The highest BCUT2D eigenvalue weighted by Gasteiger charge is 2.13. The lowest BCUT2D eigenvalue weighted by molar-refractivity contribution is 0.132. The largest absolute Gasteiger partial charge is 0.487 e. The standard InChI is InChI=1S/C20H22ClN5O4/c1-27-5-7-29-16-9-13-14(10-17(16)30-8-6-28-2)24-20(23-13)25-15-11-22-12-3-4-18(21)26-19(12)15/h3-4,9-11,22H,5-8H2,1-2H3,(H2,23,24,25). The van der Waals surface area contributed by atoms with Gasteiger partial charge in [0.15, 0.2) is 11.5 Å². The molecule has 0 aliphatic carbocycles. The molecule has 158 valence electrons. The van der Waals surface area contributed by atoms with E-state index in [9.17, 15) is 0 Å². The fourth-order valence-electron chi connectivity index (χ4n) is 2.97. The van der Waals surface area contributed by atoms with Gasteiger partial charge >= 0.3 is 0 Å². The predicted molar refractivity (Wildman–Crippen MR) is 115 cm³/mol. The number of fused-ring (bicyclic) bond motifs is 2. The zero-order chi connectivity index (χ0) is 20.9. The number of H-pyrrole nitrogens is 2. The maximum Gasteiger partial charge on any atom is 0.205 e. The Morgan fingerprint density at radius 3 is 2.40 bits per heavy atom. The first-order valence-electron chi connectivity index (χ1n) is 9.36. The quantitative estimate of drug-likeness (QED) is 0.258. The molecule has 0 saturated carbocycles. The Balaban J connectivity index is 1.62. The molecule has 0 amide bonds. The molecule has 0 atom stereocenters. The van der Waals surface area contributed by atoms with E-state index < -0.39 is 0 Å².